The zero-order valence-corrected chi connectivity index (χ0v) is 8.20. The van der Waals surface area contributed by atoms with Crippen LogP contribution in [0.3, 0.4) is 0 Å². The molecule has 0 aliphatic carbocycles. The van der Waals surface area contributed by atoms with E-state index in [-0.39, 0.29) is 13.0 Å². The van der Waals surface area contributed by atoms with Crippen LogP contribution < -0.4 is 10.6 Å². The van der Waals surface area contributed by atoms with E-state index in [4.69, 9.17) is 0 Å². The van der Waals surface area contributed by atoms with Crippen molar-refractivity contribution in [3.8, 4) is 0 Å². The van der Waals surface area contributed by atoms with Crippen molar-refractivity contribution in [2.45, 2.75) is 6.42 Å². The van der Waals surface area contributed by atoms with Crippen molar-refractivity contribution in [3.63, 3.8) is 0 Å². The van der Waals surface area contributed by atoms with E-state index in [0.29, 0.717) is 5.11 Å². The normalized spacial score (nSPS) is 12.3. The molecule has 0 spiro atoms. The summed E-state index contributed by atoms with van der Waals surface area (Å²) < 4.78 is 35.0. The predicted molar refractivity (Wildman–Crippen MR) is 50.1 cm³/mol. The third-order valence-corrected chi connectivity index (χ3v) is 2.17. The SMILES string of the molecule is CNC(=S)NCCCS(F)(F)F. The first-order valence-electron chi connectivity index (χ1n) is 3.31. The quantitative estimate of drug-likeness (QED) is 0.559. The molecule has 0 bridgehead atoms. The predicted octanol–water partition coefficient (Wildman–Crippen LogP) is 1.93. The van der Waals surface area contributed by atoms with Gasteiger partial charge < -0.3 is 10.6 Å². The highest BCUT2D eigenvalue weighted by atomic mass is 32.3. The molecule has 0 radical (unpaired) electrons. The summed E-state index contributed by atoms with van der Waals surface area (Å²) in [5, 5.41) is 5.63. The van der Waals surface area contributed by atoms with Crippen molar-refractivity contribution in [2.75, 3.05) is 19.3 Å². The van der Waals surface area contributed by atoms with E-state index in [1.165, 1.54) is 0 Å². The lowest BCUT2D eigenvalue weighted by Gasteiger charge is -2.10. The Kier molecular flexibility index (Phi) is 5.39. The second kappa shape index (κ2) is 5.47. The van der Waals surface area contributed by atoms with Crippen LogP contribution in [0.4, 0.5) is 11.7 Å². The van der Waals surface area contributed by atoms with Crippen LogP contribution >= 0.6 is 23.4 Å². The summed E-state index contributed by atoms with van der Waals surface area (Å²) in [5.41, 5.74) is 0. The minimum atomic E-state index is -4.83. The van der Waals surface area contributed by atoms with Crippen molar-refractivity contribution in [1.29, 1.82) is 0 Å². The van der Waals surface area contributed by atoms with E-state index in [1.54, 1.807) is 7.05 Å². The Balaban J connectivity index is 3.28. The lowest BCUT2D eigenvalue weighted by atomic mass is 10.5. The van der Waals surface area contributed by atoms with Crippen LogP contribution in [0.25, 0.3) is 0 Å². The highest BCUT2D eigenvalue weighted by molar-refractivity contribution is 8.20. The molecule has 2 N–H and O–H groups in total. The van der Waals surface area contributed by atoms with Gasteiger partial charge in [0.05, 0.1) is 5.75 Å². The molecule has 0 heterocycles. The number of hydrogen-bond acceptors (Lipinski definition) is 1. The molecule has 0 aliphatic heterocycles. The molecular formula is C5H11F3N2S2. The van der Waals surface area contributed by atoms with Crippen molar-refractivity contribution in [3.05, 3.63) is 0 Å². The summed E-state index contributed by atoms with van der Waals surface area (Å²) >= 11 is -0.167. The standard InChI is InChI=1S/C5H11F3N2S2/c1-9-5(11)10-3-2-4-12(6,7)8/h2-4H2,1H3,(H2,9,10,11). The maximum atomic E-state index is 11.7. The largest absolute Gasteiger partial charge is 0.366 e. The molecule has 0 unspecified atom stereocenters. The Morgan fingerprint density at radius 3 is 2.42 bits per heavy atom. The Morgan fingerprint density at radius 2 is 2.00 bits per heavy atom. The van der Waals surface area contributed by atoms with Gasteiger partial charge >= 0.3 is 0 Å². The van der Waals surface area contributed by atoms with Crippen molar-refractivity contribution in [1.82, 2.24) is 10.6 Å². The highest BCUT2D eigenvalue weighted by Crippen LogP contribution is 2.53. The van der Waals surface area contributed by atoms with Gasteiger partial charge in [-0.25, -0.2) is 0 Å². The molecule has 0 rings (SSSR count). The minimum Gasteiger partial charge on any atom is -0.366 e. The summed E-state index contributed by atoms with van der Waals surface area (Å²) in [6.45, 7) is 0.270. The van der Waals surface area contributed by atoms with Crippen LogP contribution in [0.1, 0.15) is 6.42 Å². The van der Waals surface area contributed by atoms with Gasteiger partial charge in [0, 0.05) is 13.6 Å². The number of hydrogen-bond donors (Lipinski definition) is 2. The van der Waals surface area contributed by atoms with Crippen molar-refractivity contribution < 1.29 is 11.7 Å². The lowest BCUT2D eigenvalue weighted by Crippen LogP contribution is -2.33. The van der Waals surface area contributed by atoms with E-state index in [1.807, 2.05) is 0 Å². The molecule has 0 aliphatic rings. The molecule has 0 aromatic heterocycles. The second-order valence-corrected chi connectivity index (χ2v) is 3.89. The molecule has 74 valence electrons. The molecule has 0 fully saturated rings. The summed E-state index contributed by atoms with van der Waals surface area (Å²) in [7, 11) is 1.62. The van der Waals surface area contributed by atoms with E-state index in [0.717, 1.165) is 0 Å². The second-order valence-electron chi connectivity index (χ2n) is 2.07. The van der Waals surface area contributed by atoms with Gasteiger partial charge in [0.1, 0.15) is 0 Å². The molecule has 2 nitrogen and oxygen atoms in total. The zero-order valence-electron chi connectivity index (χ0n) is 6.57. The summed E-state index contributed by atoms with van der Waals surface area (Å²) in [6, 6.07) is 0. The Bertz CT molecular complexity index is 148. The van der Waals surface area contributed by atoms with E-state index < -0.39 is 16.9 Å². The number of rotatable bonds is 4. The molecule has 0 aromatic carbocycles. The van der Waals surface area contributed by atoms with Crippen LogP contribution in [0.5, 0.6) is 0 Å². The smallest absolute Gasteiger partial charge is 0.209 e. The molecule has 0 saturated carbocycles. The van der Waals surface area contributed by atoms with E-state index >= 15 is 0 Å². The van der Waals surface area contributed by atoms with Gasteiger partial charge in [0.2, 0.25) is 11.2 Å². The third-order valence-electron chi connectivity index (χ3n) is 1.07. The molecule has 0 amide bonds. The monoisotopic (exact) mass is 220 g/mol. The average molecular weight is 220 g/mol. The van der Waals surface area contributed by atoms with Gasteiger partial charge in [-0.2, -0.15) is 0 Å². The third kappa shape index (κ3) is 7.93. The maximum Gasteiger partial charge on any atom is 0.209 e. The molecule has 12 heavy (non-hydrogen) atoms. The number of nitrogens with one attached hydrogen (secondary N) is 2. The van der Waals surface area contributed by atoms with Gasteiger partial charge in [0.25, 0.3) is 0 Å². The van der Waals surface area contributed by atoms with Crippen LogP contribution in [-0.4, -0.2) is 24.5 Å². The van der Waals surface area contributed by atoms with Gasteiger partial charge in [0.15, 0.2) is 5.11 Å². The fourth-order valence-electron chi connectivity index (χ4n) is 0.526. The molecule has 0 aromatic rings. The first-order valence-corrected chi connectivity index (χ1v) is 5.22. The average Bonchev–Trinajstić information content (AvgIpc) is 1.96. The van der Waals surface area contributed by atoms with Crippen molar-refractivity contribution >= 4 is 28.5 Å². The number of thiocarbonyl (C=S) groups is 1. The van der Waals surface area contributed by atoms with Gasteiger partial charge in [-0.3, -0.25) is 0 Å². The van der Waals surface area contributed by atoms with E-state index in [2.05, 4.69) is 22.9 Å². The Hall–Kier alpha value is -0.170. The van der Waals surface area contributed by atoms with Gasteiger partial charge in [-0.15, -0.1) is 11.7 Å². The van der Waals surface area contributed by atoms with Crippen molar-refractivity contribution in [2.24, 2.45) is 0 Å². The van der Waals surface area contributed by atoms with E-state index in [9.17, 15) is 11.7 Å². The van der Waals surface area contributed by atoms with Crippen LogP contribution in [0.2, 0.25) is 0 Å². The van der Waals surface area contributed by atoms with Crippen LogP contribution in [0.15, 0.2) is 0 Å². The number of halogens is 3. The maximum absolute atomic E-state index is 11.7. The van der Waals surface area contributed by atoms with Gasteiger partial charge in [-0.05, 0) is 18.6 Å². The molecule has 7 heteroatoms. The Labute approximate surface area is 77.1 Å². The summed E-state index contributed by atoms with van der Waals surface area (Å²) in [6.07, 6.45) is 0.0840. The van der Waals surface area contributed by atoms with Gasteiger partial charge in [-0.1, -0.05) is 0 Å². The zero-order chi connectivity index (χ0) is 9.61. The first-order chi connectivity index (χ1) is 5.45. The first kappa shape index (κ1) is 11.8. The molecule has 0 atom stereocenters. The minimum absolute atomic E-state index is 0.0840. The lowest BCUT2D eigenvalue weighted by molar-refractivity contribution is 0.624. The summed E-state index contributed by atoms with van der Waals surface area (Å²) in [4.78, 5) is 0. The fourth-order valence-corrected chi connectivity index (χ4v) is 1.10. The van der Waals surface area contributed by atoms with Crippen LogP contribution in [-0.2, 0) is 0 Å². The highest BCUT2D eigenvalue weighted by Gasteiger charge is 2.19. The molecular weight excluding hydrogens is 209 g/mol. The van der Waals surface area contributed by atoms with Crippen LogP contribution in [0, 0.1) is 0 Å². The fraction of sp³-hybridized carbons (Fsp3) is 0.800. The topological polar surface area (TPSA) is 24.1 Å². The summed E-state index contributed by atoms with van der Waals surface area (Å²) in [5.74, 6) is -0.688. The molecule has 0 saturated heterocycles. The Morgan fingerprint density at radius 1 is 1.42 bits per heavy atom.